The van der Waals surface area contributed by atoms with Crippen LogP contribution >= 0.6 is 0 Å². The Hall–Kier alpha value is -3.14. The number of allylic oxidation sites excluding steroid dienone is 3. The quantitative estimate of drug-likeness (QED) is 0.580. The molecule has 4 N–H and O–H groups in total. The molecular formula is C25H29N3O. The van der Waals surface area contributed by atoms with E-state index in [2.05, 4.69) is 62.2 Å². The van der Waals surface area contributed by atoms with Gasteiger partial charge in [-0.1, -0.05) is 68.0 Å². The Morgan fingerprint density at radius 2 is 1.72 bits per heavy atom. The van der Waals surface area contributed by atoms with Gasteiger partial charge in [-0.2, -0.15) is 4.99 Å². The maximum atomic E-state index is 11.9. The van der Waals surface area contributed by atoms with Crippen LogP contribution in [0.5, 0.6) is 0 Å². The molecule has 4 nitrogen and oxygen atoms in total. The zero-order valence-corrected chi connectivity index (χ0v) is 17.4. The summed E-state index contributed by atoms with van der Waals surface area (Å²) >= 11 is 0. The second kappa shape index (κ2) is 8.48. The van der Waals surface area contributed by atoms with E-state index in [1.807, 2.05) is 12.1 Å². The molecule has 2 aromatic rings. The fourth-order valence-electron chi connectivity index (χ4n) is 3.94. The largest absolute Gasteiger partial charge is 0.370 e. The van der Waals surface area contributed by atoms with Crippen LogP contribution in [0.25, 0.3) is 6.08 Å². The zero-order valence-electron chi connectivity index (χ0n) is 17.4. The van der Waals surface area contributed by atoms with E-state index in [-0.39, 0.29) is 11.4 Å². The molecule has 0 aliphatic heterocycles. The van der Waals surface area contributed by atoms with Crippen LogP contribution < -0.4 is 11.5 Å². The van der Waals surface area contributed by atoms with Crippen molar-refractivity contribution >= 4 is 17.9 Å². The molecule has 4 heteroatoms. The van der Waals surface area contributed by atoms with E-state index in [1.54, 1.807) is 12.1 Å². The molecule has 3 rings (SSSR count). The number of aliphatic imine (C=N–C) groups is 1. The third-order valence-corrected chi connectivity index (χ3v) is 5.72. The molecule has 1 aliphatic rings. The van der Waals surface area contributed by atoms with E-state index in [4.69, 9.17) is 11.5 Å². The first-order chi connectivity index (χ1) is 13.8. The van der Waals surface area contributed by atoms with E-state index >= 15 is 0 Å². The van der Waals surface area contributed by atoms with Crippen molar-refractivity contribution in [3.05, 3.63) is 88.0 Å². The van der Waals surface area contributed by atoms with Gasteiger partial charge < -0.3 is 11.5 Å². The van der Waals surface area contributed by atoms with Crippen LogP contribution in [0.2, 0.25) is 0 Å². The van der Waals surface area contributed by atoms with Crippen molar-refractivity contribution in [1.29, 1.82) is 0 Å². The molecule has 0 heterocycles. The fraction of sp³-hybridized carbons (Fsp3) is 0.280. The minimum absolute atomic E-state index is 0.188. The van der Waals surface area contributed by atoms with Gasteiger partial charge in [0, 0.05) is 5.56 Å². The highest BCUT2D eigenvalue weighted by Crippen LogP contribution is 2.44. The van der Waals surface area contributed by atoms with Gasteiger partial charge in [-0.25, -0.2) is 0 Å². The summed E-state index contributed by atoms with van der Waals surface area (Å²) in [7, 11) is 0. The molecule has 0 radical (unpaired) electrons. The van der Waals surface area contributed by atoms with Gasteiger partial charge in [0.2, 0.25) is 0 Å². The summed E-state index contributed by atoms with van der Waals surface area (Å²) in [4.78, 5) is 15.5. The lowest BCUT2D eigenvalue weighted by atomic mass is 9.69. The van der Waals surface area contributed by atoms with Crippen LogP contribution in [-0.2, 0) is 6.42 Å². The van der Waals surface area contributed by atoms with E-state index < -0.39 is 5.91 Å². The summed E-state index contributed by atoms with van der Waals surface area (Å²) in [5.41, 5.74) is 17.9. The molecule has 0 spiro atoms. The SMILES string of the molecule is CC1=C(Cc2ccccc2)C(C)(C)CC/C1=C\c1ccc(C(=O)N=C(N)N)cc1. The van der Waals surface area contributed by atoms with Gasteiger partial charge in [0.15, 0.2) is 5.96 Å². The number of carbonyl (C=O) groups excluding carboxylic acids is 1. The van der Waals surface area contributed by atoms with Crippen molar-refractivity contribution in [2.75, 3.05) is 0 Å². The topological polar surface area (TPSA) is 81.5 Å². The Morgan fingerprint density at radius 3 is 2.34 bits per heavy atom. The van der Waals surface area contributed by atoms with Crippen molar-refractivity contribution < 1.29 is 4.79 Å². The molecule has 0 saturated carbocycles. The zero-order chi connectivity index (χ0) is 21.0. The minimum Gasteiger partial charge on any atom is -0.370 e. The first kappa shape index (κ1) is 20.6. The van der Waals surface area contributed by atoms with Crippen molar-refractivity contribution in [3.63, 3.8) is 0 Å². The van der Waals surface area contributed by atoms with E-state index in [1.165, 1.54) is 22.3 Å². The van der Waals surface area contributed by atoms with Crippen LogP contribution in [0.15, 0.2) is 76.3 Å². The van der Waals surface area contributed by atoms with Crippen LogP contribution in [0, 0.1) is 5.41 Å². The summed E-state index contributed by atoms with van der Waals surface area (Å²) in [5.74, 6) is -0.650. The molecule has 2 aromatic carbocycles. The summed E-state index contributed by atoms with van der Waals surface area (Å²) in [5, 5.41) is 0. The van der Waals surface area contributed by atoms with Gasteiger partial charge in [-0.05, 0) is 66.0 Å². The molecule has 29 heavy (non-hydrogen) atoms. The van der Waals surface area contributed by atoms with Crippen LogP contribution in [0.4, 0.5) is 0 Å². The number of nitrogens with two attached hydrogens (primary N) is 2. The Kier molecular flexibility index (Phi) is 6.02. The number of nitrogens with zero attached hydrogens (tertiary/aromatic N) is 1. The Bertz CT molecular complexity index is 976. The monoisotopic (exact) mass is 387 g/mol. The van der Waals surface area contributed by atoms with Gasteiger partial charge in [-0.3, -0.25) is 4.79 Å². The molecule has 0 bridgehead atoms. The first-order valence-electron chi connectivity index (χ1n) is 9.95. The molecule has 1 amide bonds. The van der Waals surface area contributed by atoms with Crippen LogP contribution in [-0.4, -0.2) is 11.9 Å². The maximum Gasteiger partial charge on any atom is 0.280 e. The van der Waals surface area contributed by atoms with Gasteiger partial charge in [0.1, 0.15) is 0 Å². The molecule has 0 atom stereocenters. The average molecular weight is 388 g/mol. The normalized spacial score (nSPS) is 17.3. The highest BCUT2D eigenvalue weighted by Gasteiger charge is 2.30. The highest BCUT2D eigenvalue weighted by molar-refractivity contribution is 6.01. The predicted octanol–water partition coefficient (Wildman–Crippen LogP) is 4.86. The second-order valence-corrected chi connectivity index (χ2v) is 8.28. The molecule has 150 valence electrons. The maximum absolute atomic E-state index is 11.9. The number of carbonyl (C=O) groups is 1. The van der Waals surface area contributed by atoms with Gasteiger partial charge in [0.05, 0.1) is 0 Å². The van der Waals surface area contributed by atoms with Crippen molar-refractivity contribution in [2.24, 2.45) is 21.9 Å². The van der Waals surface area contributed by atoms with Crippen molar-refractivity contribution in [2.45, 2.75) is 40.0 Å². The summed E-state index contributed by atoms with van der Waals surface area (Å²) in [6.07, 6.45) is 5.37. The standard InChI is InChI=1S/C25H29N3O/c1-17-21(15-19-9-11-20(12-10-19)23(29)28-24(26)27)13-14-25(2,3)22(17)16-18-7-5-4-6-8-18/h4-12,15H,13-14,16H2,1-3H3,(H4,26,27,28,29)/b21-15+. The summed E-state index contributed by atoms with van der Waals surface area (Å²) in [6, 6.07) is 18.0. The Balaban J connectivity index is 1.89. The molecule has 0 fully saturated rings. The number of hydrogen-bond acceptors (Lipinski definition) is 1. The third-order valence-electron chi connectivity index (χ3n) is 5.72. The van der Waals surface area contributed by atoms with Crippen LogP contribution in [0.3, 0.4) is 0 Å². The number of benzene rings is 2. The van der Waals surface area contributed by atoms with Gasteiger partial charge in [0.25, 0.3) is 5.91 Å². The molecular weight excluding hydrogens is 358 g/mol. The van der Waals surface area contributed by atoms with Gasteiger partial charge >= 0.3 is 0 Å². The first-order valence-corrected chi connectivity index (χ1v) is 9.95. The lowest BCUT2D eigenvalue weighted by molar-refractivity contribution is 0.100. The molecule has 1 aliphatic carbocycles. The van der Waals surface area contributed by atoms with Crippen molar-refractivity contribution in [1.82, 2.24) is 0 Å². The van der Waals surface area contributed by atoms with E-state index in [9.17, 15) is 4.79 Å². The van der Waals surface area contributed by atoms with Crippen LogP contribution in [0.1, 0.15) is 55.1 Å². The Labute approximate surface area is 173 Å². The highest BCUT2D eigenvalue weighted by atomic mass is 16.1. The number of hydrogen-bond donors (Lipinski definition) is 2. The number of rotatable bonds is 4. The van der Waals surface area contributed by atoms with Gasteiger partial charge in [-0.15, -0.1) is 0 Å². The second-order valence-electron chi connectivity index (χ2n) is 8.28. The minimum atomic E-state index is -0.426. The lowest BCUT2D eigenvalue weighted by Crippen LogP contribution is -2.24. The third kappa shape index (κ3) is 5.02. The van der Waals surface area contributed by atoms with E-state index in [0.717, 1.165) is 24.8 Å². The molecule has 0 unspecified atom stereocenters. The predicted molar refractivity (Wildman–Crippen MR) is 120 cm³/mol. The average Bonchev–Trinajstić information content (AvgIpc) is 2.68. The summed E-state index contributed by atoms with van der Waals surface area (Å²) in [6.45, 7) is 6.92. The number of amides is 1. The Morgan fingerprint density at radius 1 is 1.07 bits per heavy atom. The fourth-order valence-corrected chi connectivity index (χ4v) is 3.94. The van der Waals surface area contributed by atoms with Crippen molar-refractivity contribution in [3.8, 4) is 0 Å². The smallest absolute Gasteiger partial charge is 0.280 e. The molecule has 0 aromatic heterocycles. The molecule has 0 saturated heterocycles. The number of guanidine groups is 1. The summed E-state index contributed by atoms with van der Waals surface area (Å²) < 4.78 is 0. The lowest BCUT2D eigenvalue weighted by Gasteiger charge is -2.36. The van der Waals surface area contributed by atoms with E-state index in [0.29, 0.717) is 5.56 Å².